The highest BCUT2D eigenvalue weighted by Gasteiger charge is 2.26. The van der Waals surface area contributed by atoms with Gasteiger partial charge in [0.05, 0.1) is 24.2 Å². The lowest BCUT2D eigenvalue weighted by Gasteiger charge is -2.27. The summed E-state index contributed by atoms with van der Waals surface area (Å²) in [6.45, 7) is 15.5. The molecule has 33 heavy (non-hydrogen) atoms. The van der Waals surface area contributed by atoms with Crippen LogP contribution in [0.4, 0.5) is 0 Å². The molecule has 0 aromatic heterocycles. The first kappa shape index (κ1) is 24.4. The first-order valence-electron chi connectivity index (χ1n) is 12.7. The molecule has 3 aromatic rings. The molecule has 0 spiro atoms. The number of rotatable bonds is 0. The Bertz CT molecular complexity index is 900. The molecule has 1 heterocycles. The van der Waals surface area contributed by atoms with Crippen LogP contribution in [-0.4, -0.2) is 24.2 Å². The highest BCUT2D eigenvalue weighted by molar-refractivity contribution is 6.77. The van der Waals surface area contributed by atoms with Crippen molar-refractivity contribution in [1.82, 2.24) is 0 Å². The Hall–Kier alpha value is -1.69. The van der Waals surface area contributed by atoms with Gasteiger partial charge in [-0.1, -0.05) is 145 Å². The Labute approximate surface area is 205 Å². The van der Waals surface area contributed by atoms with Gasteiger partial charge < -0.3 is 0 Å². The van der Waals surface area contributed by atoms with Crippen LogP contribution in [0.2, 0.25) is 39.3 Å². The van der Waals surface area contributed by atoms with E-state index in [-0.39, 0.29) is 0 Å². The standard InChI is InChI=1S/C30H42Si3/c1-31(2)19-25-10-7-12-27(16-25)21-32(3,4)23-29-14-9-15-30(18-29)24-33(5,6)22-28-13-8-11-26(17-28)20-31/h7-18H,19-24H2,1-6H3. The Kier molecular flexibility index (Phi) is 7.05. The molecule has 6 bridgehead atoms. The molecule has 0 saturated carbocycles. The van der Waals surface area contributed by atoms with Crippen LogP contribution < -0.4 is 0 Å². The van der Waals surface area contributed by atoms with Gasteiger partial charge in [0.1, 0.15) is 0 Å². The SMILES string of the molecule is C[Si]1(C)Cc2cccc(c2)C[Si](C)(C)Cc2cccc(c2)C[Si](C)(C)Cc2cccc(c2)C1. The van der Waals surface area contributed by atoms with Crippen molar-refractivity contribution in [1.29, 1.82) is 0 Å². The largest absolute Gasteiger partial charge is 0.0689 e. The zero-order chi connectivity index (χ0) is 23.7. The molecule has 0 radical (unpaired) electrons. The maximum absolute atomic E-state index is 2.58. The molecule has 1 aliphatic heterocycles. The van der Waals surface area contributed by atoms with Crippen LogP contribution in [0.1, 0.15) is 33.4 Å². The third kappa shape index (κ3) is 7.14. The molecular formula is C30H42Si3. The second-order valence-electron chi connectivity index (χ2n) is 13.0. The minimum Gasteiger partial charge on any atom is -0.0689 e. The van der Waals surface area contributed by atoms with Crippen molar-refractivity contribution in [2.45, 2.75) is 75.5 Å². The number of hydrogen-bond donors (Lipinski definition) is 0. The van der Waals surface area contributed by atoms with Gasteiger partial charge in [-0.3, -0.25) is 0 Å². The van der Waals surface area contributed by atoms with E-state index in [0.29, 0.717) is 0 Å². The molecule has 0 nitrogen and oxygen atoms in total. The van der Waals surface area contributed by atoms with E-state index in [4.69, 9.17) is 0 Å². The van der Waals surface area contributed by atoms with Crippen LogP contribution in [0.5, 0.6) is 0 Å². The lowest BCUT2D eigenvalue weighted by atomic mass is 10.1. The minimum atomic E-state index is -1.38. The average Bonchev–Trinajstić information content (AvgIpc) is 2.65. The van der Waals surface area contributed by atoms with E-state index >= 15 is 0 Å². The zero-order valence-electron chi connectivity index (χ0n) is 21.7. The van der Waals surface area contributed by atoms with E-state index in [0.717, 1.165) is 0 Å². The quantitative estimate of drug-likeness (QED) is 0.285. The topological polar surface area (TPSA) is 0 Å². The lowest BCUT2D eigenvalue weighted by molar-refractivity contribution is 1.15. The van der Waals surface area contributed by atoms with E-state index in [9.17, 15) is 0 Å². The summed E-state index contributed by atoms with van der Waals surface area (Å²) in [7, 11) is -4.15. The van der Waals surface area contributed by atoms with Crippen molar-refractivity contribution in [3.8, 4) is 0 Å². The van der Waals surface area contributed by atoms with Gasteiger partial charge in [-0.05, 0) is 36.3 Å². The molecule has 0 amide bonds. The van der Waals surface area contributed by atoms with Gasteiger partial charge in [0, 0.05) is 0 Å². The van der Waals surface area contributed by atoms with Gasteiger partial charge in [-0.25, -0.2) is 0 Å². The van der Waals surface area contributed by atoms with Crippen molar-refractivity contribution in [2.75, 3.05) is 0 Å². The summed E-state index contributed by atoms with van der Waals surface area (Å²) < 4.78 is 0. The fourth-order valence-corrected chi connectivity index (χ4v) is 14.4. The van der Waals surface area contributed by atoms with Crippen molar-refractivity contribution in [3.63, 3.8) is 0 Å². The lowest BCUT2D eigenvalue weighted by Crippen LogP contribution is -2.35. The Morgan fingerprint density at radius 3 is 0.727 bits per heavy atom. The van der Waals surface area contributed by atoms with E-state index in [1.54, 1.807) is 33.4 Å². The molecule has 3 heteroatoms. The Morgan fingerprint density at radius 2 is 0.545 bits per heavy atom. The average molecular weight is 487 g/mol. The summed E-state index contributed by atoms with van der Waals surface area (Å²) in [6, 6.07) is 36.4. The van der Waals surface area contributed by atoms with Crippen molar-refractivity contribution in [2.24, 2.45) is 0 Å². The monoisotopic (exact) mass is 486 g/mol. The summed E-state index contributed by atoms with van der Waals surface area (Å²) in [4.78, 5) is 0. The number of hydrogen-bond acceptors (Lipinski definition) is 0. The number of fused-ring (bicyclic) bond motifs is 6. The summed E-state index contributed by atoms with van der Waals surface area (Å²) in [5, 5.41) is 0. The fraction of sp³-hybridized carbons (Fsp3) is 0.400. The molecular weight excluding hydrogens is 445 g/mol. The fourth-order valence-electron chi connectivity index (χ4n) is 6.05. The third-order valence-corrected chi connectivity index (χ3v) is 15.3. The maximum Gasteiger partial charge on any atom is 0.0561 e. The smallest absolute Gasteiger partial charge is 0.0561 e. The van der Waals surface area contributed by atoms with Crippen molar-refractivity contribution in [3.05, 3.63) is 106 Å². The highest BCUT2D eigenvalue weighted by Crippen LogP contribution is 2.25. The highest BCUT2D eigenvalue weighted by atomic mass is 28.3. The second-order valence-corrected chi connectivity index (χ2v) is 28.1. The van der Waals surface area contributed by atoms with E-state index in [2.05, 4.69) is 112 Å². The van der Waals surface area contributed by atoms with Crippen LogP contribution in [-0.2, 0) is 36.3 Å². The van der Waals surface area contributed by atoms with Gasteiger partial charge in [0.15, 0.2) is 0 Å². The molecule has 0 aliphatic carbocycles. The third-order valence-electron chi connectivity index (χ3n) is 7.07. The maximum atomic E-state index is 2.58. The normalized spacial score (nSPS) is 19.8. The van der Waals surface area contributed by atoms with Gasteiger partial charge in [-0.2, -0.15) is 0 Å². The molecule has 3 aromatic carbocycles. The van der Waals surface area contributed by atoms with Gasteiger partial charge in [0.25, 0.3) is 0 Å². The van der Waals surface area contributed by atoms with Crippen LogP contribution in [0, 0.1) is 0 Å². The van der Waals surface area contributed by atoms with Crippen LogP contribution in [0.3, 0.4) is 0 Å². The summed E-state index contributed by atoms with van der Waals surface area (Å²) >= 11 is 0. The molecule has 1 aliphatic rings. The molecule has 174 valence electrons. The summed E-state index contributed by atoms with van der Waals surface area (Å²) in [5.74, 6) is 0. The van der Waals surface area contributed by atoms with E-state index in [1.165, 1.54) is 36.3 Å². The Balaban J connectivity index is 1.72. The minimum absolute atomic E-state index is 1.27. The van der Waals surface area contributed by atoms with Gasteiger partial charge >= 0.3 is 0 Å². The Morgan fingerprint density at radius 1 is 0.364 bits per heavy atom. The van der Waals surface area contributed by atoms with Crippen molar-refractivity contribution >= 4 is 24.2 Å². The predicted molar refractivity (Wildman–Crippen MR) is 154 cm³/mol. The molecule has 4 rings (SSSR count). The molecule has 0 N–H and O–H groups in total. The van der Waals surface area contributed by atoms with E-state index in [1.807, 2.05) is 0 Å². The zero-order valence-corrected chi connectivity index (χ0v) is 24.7. The summed E-state index contributed by atoms with van der Waals surface area (Å²) in [6.07, 6.45) is 0. The number of benzene rings is 3. The second kappa shape index (κ2) is 9.52. The predicted octanol–water partition coefficient (Wildman–Crippen LogP) is 7.72. The summed E-state index contributed by atoms with van der Waals surface area (Å²) in [5.41, 5.74) is 9.34. The van der Waals surface area contributed by atoms with Crippen LogP contribution in [0.25, 0.3) is 0 Å². The van der Waals surface area contributed by atoms with Gasteiger partial charge in [0.2, 0.25) is 0 Å². The first-order valence-corrected chi connectivity index (χ1v) is 22.9. The molecule has 0 fully saturated rings. The van der Waals surface area contributed by atoms with Crippen LogP contribution in [0.15, 0.2) is 72.8 Å². The van der Waals surface area contributed by atoms with Crippen molar-refractivity contribution < 1.29 is 0 Å². The molecule has 0 unspecified atom stereocenters. The molecule has 0 atom stereocenters. The first-order chi connectivity index (χ1) is 15.5. The van der Waals surface area contributed by atoms with Crippen LogP contribution >= 0.6 is 0 Å². The van der Waals surface area contributed by atoms with E-state index < -0.39 is 24.2 Å². The molecule has 0 saturated heterocycles. The van der Waals surface area contributed by atoms with Gasteiger partial charge in [-0.15, -0.1) is 0 Å².